The van der Waals surface area contributed by atoms with E-state index in [9.17, 15) is 4.79 Å². The molecule has 4 heteroatoms. The van der Waals surface area contributed by atoms with Crippen LogP contribution in [0.15, 0.2) is 30.3 Å². The maximum Gasteiger partial charge on any atom is 0.328 e. The van der Waals surface area contributed by atoms with E-state index >= 15 is 0 Å². The molecule has 1 N–H and O–H groups in total. The fourth-order valence-electron chi connectivity index (χ4n) is 2.62. The van der Waals surface area contributed by atoms with Crippen LogP contribution in [0.25, 0.3) is 10.9 Å². The van der Waals surface area contributed by atoms with Gasteiger partial charge in [0, 0.05) is 5.39 Å². The lowest BCUT2D eigenvalue weighted by molar-refractivity contribution is -0.144. The SMILES string of the molecule is CCOC(=O)C1CCCc2nc3ccccc3cc2N1. The number of anilines is 1. The molecule has 0 aliphatic carbocycles. The molecule has 0 radical (unpaired) electrons. The highest BCUT2D eigenvalue weighted by Crippen LogP contribution is 2.26. The number of esters is 1. The van der Waals surface area contributed by atoms with Gasteiger partial charge in [-0.05, 0) is 38.3 Å². The molecule has 1 unspecified atom stereocenters. The number of fused-ring (bicyclic) bond motifs is 2. The summed E-state index contributed by atoms with van der Waals surface area (Å²) in [6, 6.07) is 9.86. The maximum atomic E-state index is 11.9. The molecule has 4 nitrogen and oxygen atoms in total. The van der Waals surface area contributed by atoms with Gasteiger partial charge in [-0.15, -0.1) is 0 Å². The highest BCUT2D eigenvalue weighted by atomic mass is 16.5. The topological polar surface area (TPSA) is 51.2 Å². The fourth-order valence-corrected chi connectivity index (χ4v) is 2.62. The molecule has 20 heavy (non-hydrogen) atoms. The van der Waals surface area contributed by atoms with Crippen LogP contribution in [-0.2, 0) is 16.0 Å². The number of benzene rings is 1. The molecule has 1 aromatic heterocycles. The third-order valence-electron chi connectivity index (χ3n) is 3.61. The zero-order chi connectivity index (χ0) is 13.9. The lowest BCUT2D eigenvalue weighted by Gasteiger charge is -2.16. The summed E-state index contributed by atoms with van der Waals surface area (Å²) in [5, 5.41) is 4.39. The Labute approximate surface area is 118 Å². The van der Waals surface area contributed by atoms with Crippen LogP contribution in [0.2, 0.25) is 0 Å². The van der Waals surface area contributed by atoms with E-state index in [1.165, 1.54) is 0 Å². The number of hydrogen-bond acceptors (Lipinski definition) is 4. The number of carbonyl (C=O) groups excluding carboxylic acids is 1. The van der Waals surface area contributed by atoms with Gasteiger partial charge in [0.05, 0.1) is 23.5 Å². The van der Waals surface area contributed by atoms with E-state index in [1.807, 2.05) is 31.2 Å². The van der Waals surface area contributed by atoms with Gasteiger partial charge in [-0.2, -0.15) is 0 Å². The number of aromatic nitrogens is 1. The number of nitrogens with zero attached hydrogens (tertiary/aromatic N) is 1. The predicted octanol–water partition coefficient (Wildman–Crippen LogP) is 2.91. The lowest BCUT2D eigenvalue weighted by Crippen LogP contribution is -2.30. The van der Waals surface area contributed by atoms with E-state index in [2.05, 4.69) is 11.4 Å². The van der Waals surface area contributed by atoms with E-state index < -0.39 is 0 Å². The Morgan fingerprint density at radius 2 is 2.30 bits per heavy atom. The molecular formula is C16H18N2O2. The van der Waals surface area contributed by atoms with Crippen molar-refractivity contribution in [2.24, 2.45) is 0 Å². The van der Waals surface area contributed by atoms with Crippen LogP contribution in [0.4, 0.5) is 5.69 Å². The quantitative estimate of drug-likeness (QED) is 0.852. The molecule has 1 atom stereocenters. The number of pyridine rings is 1. The van der Waals surface area contributed by atoms with Crippen LogP contribution < -0.4 is 5.32 Å². The minimum Gasteiger partial charge on any atom is -0.464 e. The first-order valence-electron chi connectivity index (χ1n) is 7.10. The maximum absolute atomic E-state index is 11.9. The van der Waals surface area contributed by atoms with Crippen molar-refractivity contribution in [2.75, 3.05) is 11.9 Å². The van der Waals surface area contributed by atoms with E-state index in [-0.39, 0.29) is 12.0 Å². The van der Waals surface area contributed by atoms with Crippen molar-refractivity contribution in [1.82, 2.24) is 4.98 Å². The summed E-state index contributed by atoms with van der Waals surface area (Å²) in [6.45, 7) is 2.25. The minimum atomic E-state index is -0.265. The van der Waals surface area contributed by atoms with Crippen molar-refractivity contribution in [1.29, 1.82) is 0 Å². The second-order valence-corrected chi connectivity index (χ2v) is 5.02. The van der Waals surface area contributed by atoms with Crippen LogP contribution in [0.5, 0.6) is 0 Å². The van der Waals surface area contributed by atoms with Gasteiger partial charge in [0.2, 0.25) is 0 Å². The molecule has 3 rings (SSSR count). The van der Waals surface area contributed by atoms with E-state index in [0.717, 1.165) is 41.5 Å². The number of hydrogen-bond donors (Lipinski definition) is 1. The molecule has 2 aromatic rings. The average molecular weight is 270 g/mol. The number of nitrogens with one attached hydrogen (secondary N) is 1. The van der Waals surface area contributed by atoms with Gasteiger partial charge < -0.3 is 10.1 Å². The lowest BCUT2D eigenvalue weighted by atomic mass is 10.1. The summed E-state index contributed by atoms with van der Waals surface area (Å²) in [7, 11) is 0. The molecule has 0 saturated carbocycles. The fraction of sp³-hybridized carbons (Fsp3) is 0.375. The second-order valence-electron chi connectivity index (χ2n) is 5.02. The second kappa shape index (κ2) is 5.49. The summed E-state index contributed by atoms with van der Waals surface area (Å²) in [6.07, 6.45) is 2.61. The molecule has 0 spiro atoms. The molecule has 1 aromatic carbocycles. The van der Waals surface area contributed by atoms with E-state index in [1.54, 1.807) is 0 Å². The number of carbonyl (C=O) groups is 1. The predicted molar refractivity (Wildman–Crippen MR) is 78.7 cm³/mol. The molecule has 1 aliphatic rings. The smallest absolute Gasteiger partial charge is 0.328 e. The van der Waals surface area contributed by atoms with Crippen LogP contribution in [0.3, 0.4) is 0 Å². The van der Waals surface area contributed by atoms with Gasteiger partial charge >= 0.3 is 5.97 Å². The Balaban J connectivity index is 1.95. The molecule has 104 valence electrons. The monoisotopic (exact) mass is 270 g/mol. The third-order valence-corrected chi connectivity index (χ3v) is 3.61. The molecule has 0 fully saturated rings. The van der Waals surface area contributed by atoms with Crippen molar-refractivity contribution in [3.8, 4) is 0 Å². The van der Waals surface area contributed by atoms with Crippen molar-refractivity contribution in [3.05, 3.63) is 36.0 Å². The number of ether oxygens (including phenoxy) is 1. The van der Waals surface area contributed by atoms with Crippen molar-refractivity contribution in [3.63, 3.8) is 0 Å². The first kappa shape index (κ1) is 12.9. The average Bonchev–Trinajstić information content (AvgIpc) is 2.67. The van der Waals surface area contributed by atoms with Crippen molar-refractivity contribution < 1.29 is 9.53 Å². The van der Waals surface area contributed by atoms with Crippen LogP contribution >= 0.6 is 0 Å². The summed E-state index contributed by atoms with van der Waals surface area (Å²) in [5.74, 6) is -0.173. The Morgan fingerprint density at radius 1 is 1.45 bits per heavy atom. The summed E-state index contributed by atoms with van der Waals surface area (Å²) in [5.41, 5.74) is 3.00. The largest absolute Gasteiger partial charge is 0.464 e. The van der Waals surface area contributed by atoms with Gasteiger partial charge in [-0.1, -0.05) is 18.2 Å². The number of aryl methyl sites for hydroxylation is 1. The normalized spacial score (nSPS) is 17.9. The van der Waals surface area contributed by atoms with Gasteiger partial charge in [0.25, 0.3) is 0 Å². The third kappa shape index (κ3) is 2.46. The molecule has 0 bridgehead atoms. The number of rotatable bonds is 2. The molecular weight excluding hydrogens is 252 g/mol. The Bertz CT molecular complexity index is 639. The van der Waals surface area contributed by atoms with Gasteiger partial charge in [0.15, 0.2) is 0 Å². The highest BCUT2D eigenvalue weighted by Gasteiger charge is 2.24. The number of para-hydroxylation sites is 1. The zero-order valence-corrected chi connectivity index (χ0v) is 11.6. The highest BCUT2D eigenvalue weighted by molar-refractivity contribution is 5.85. The van der Waals surface area contributed by atoms with Crippen LogP contribution in [0.1, 0.15) is 25.5 Å². The summed E-state index contributed by atoms with van der Waals surface area (Å²) < 4.78 is 5.12. The Morgan fingerprint density at radius 3 is 3.15 bits per heavy atom. The van der Waals surface area contributed by atoms with Gasteiger partial charge in [-0.3, -0.25) is 4.98 Å². The Hall–Kier alpha value is -2.10. The molecule has 1 aliphatic heterocycles. The standard InChI is InChI=1S/C16H18N2O2/c1-2-20-16(19)14-9-5-8-13-15(18-14)10-11-6-3-4-7-12(11)17-13/h3-4,6-7,10,14,18H,2,5,8-9H2,1H3. The van der Waals surface area contributed by atoms with Gasteiger partial charge in [0.1, 0.15) is 6.04 Å². The first-order valence-corrected chi connectivity index (χ1v) is 7.10. The van der Waals surface area contributed by atoms with Gasteiger partial charge in [-0.25, -0.2) is 4.79 Å². The van der Waals surface area contributed by atoms with Crippen LogP contribution in [0, 0.1) is 0 Å². The first-order chi connectivity index (χ1) is 9.78. The van der Waals surface area contributed by atoms with Crippen molar-refractivity contribution >= 4 is 22.6 Å². The Kier molecular flexibility index (Phi) is 3.54. The summed E-state index contributed by atoms with van der Waals surface area (Å²) >= 11 is 0. The van der Waals surface area contributed by atoms with Crippen LogP contribution in [-0.4, -0.2) is 23.6 Å². The zero-order valence-electron chi connectivity index (χ0n) is 11.6. The van der Waals surface area contributed by atoms with Crippen molar-refractivity contribution in [2.45, 2.75) is 32.2 Å². The molecule has 0 saturated heterocycles. The summed E-state index contributed by atoms with van der Waals surface area (Å²) in [4.78, 5) is 16.6. The van der Waals surface area contributed by atoms with E-state index in [0.29, 0.717) is 6.61 Å². The van der Waals surface area contributed by atoms with E-state index in [4.69, 9.17) is 9.72 Å². The minimum absolute atomic E-state index is 0.173. The molecule has 2 heterocycles. The molecule has 0 amide bonds.